The van der Waals surface area contributed by atoms with Gasteiger partial charge in [0.2, 0.25) is 11.8 Å². The molecule has 1 atom stereocenters. The number of halogens is 1. The number of nitrogens with zero attached hydrogens (tertiary/aromatic N) is 2. The van der Waals surface area contributed by atoms with Crippen LogP contribution in [0.5, 0.6) is 17.4 Å². The van der Waals surface area contributed by atoms with E-state index < -0.39 is 33.8 Å². The van der Waals surface area contributed by atoms with Gasteiger partial charge >= 0.3 is 0 Å². The van der Waals surface area contributed by atoms with Crippen LogP contribution in [-0.4, -0.2) is 79.8 Å². The Morgan fingerprint density at radius 3 is 2.30 bits per heavy atom. The van der Waals surface area contributed by atoms with Crippen LogP contribution < -0.4 is 19.5 Å². The first kappa shape index (κ1) is 40.7. The summed E-state index contributed by atoms with van der Waals surface area (Å²) in [4.78, 5) is 54.1. The van der Waals surface area contributed by atoms with Crippen molar-refractivity contribution in [1.82, 2.24) is 14.6 Å². The number of nitrogens with one attached hydrogen (secondary N) is 1. The number of sulfonamides is 1. The average Bonchev–Trinajstić information content (AvgIpc) is 3.35. The molecule has 56 heavy (non-hydrogen) atoms. The van der Waals surface area contributed by atoms with Gasteiger partial charge in [0.15, 0.2) is 5.78 Å². The van der Waals surface area contributed by atoms with Gasteiger partial charge in [-0.05, 0) is 42.7 Å². The maximum Gasteiger partial charge on any atom is 0.269 e. The molecule has 1 aromatic heterocycles. The molecule has 1 aliphatic carbocycles. The third kappa shape index (κ3) is 8.12. The SMILES string of the molecule is C#Cc1ccc(OC2C(C)(C)C(CC(=O)c3ccc(OCCCOCCCOc4ccc5c(c4)S(=O)(=O)N(C4CCC(=O)NC4=O)C5=O)nc3)C2(C)C)cc1Cl. The smallest absolute Gasteiger partial charge is 0.269 e. The zero-order valence-electron chi connectivity index (χ0n) is 31.6. The normalized spacial score (nSPS) is 21.7. The van der Waals surface area contributed by atoms with E-state index in [4.69, 9.17) is 37.0 Å². The number of hydrogen-bond donors (Lipinski definition) is 1. The molecular formula is C41H44ClN3O10S. The van der Waals surface area contributed by atoms with Crippen molar-refractivity contribution in [2.24, 2.45) is 16.7 Å². The number of carbonyl (C=O) groups is 4. The van der Waals surface area contributed by atoms with Gasteiger partial charge in [-0.25, -0.2) is 17.7 Å². The summed E-state index contributed by atoms with van der Waals surface area (Å²) in [6, 6.07) is 11.6. The fourth-order valence-corrected chi connectivity index (χ4v) is 10.1. The van der Waals surface area contributed by atoms with E-state index in [0.717, 1.165) is 0 Å². The fourth-order valence-electron chi connectivity index (χ4n) is 8.09. The Labute approximate surface area is 331 Å². The first-order valence-corrected chi connectivity index (χ1v) is 20.2. The minimum atomic E-state index is -4.30. The number of Topliss-reactive ketones (excluding diaryl/α,β-unsaturated/α-hetero) is 1. The van der Waals surface area contributed by atoms with Crippen molar-refractivity contribution in [1.29, 1.82) is 0 Å². The number of aromatic nitrogens is 1. The zero-order chi connectivity index (χ0) is 40.4. The summed E-state index contributed by atoms with van der Waals surface area (Å²) in [5, 5.41) is 2.55. The number of ether oxygens (including phenoxy) is 4. The zero-order valence-corrected chi connectivity index (χ0v) is 33.2. The maximum atomic E-state index is 13.3. The van der Waals surface area contributed by atoms with Gasteiger partial charge in [-0.2, -0.15) is 0 Å². The lowest BCUT2D eigenvalue weighted by atomic mass is 9.44. The molecule has 2 aliphatic heterocycles. The minimum absolute atomic E-state index is 0.000166. The summed E-state index contributed by atoms with van der Waals surface area (Å²) in [5.74, 6) is 1.77. The van der Waals surface area contributed by atoms with E-state index >= 15 is 0 Å². The number of benzene rings is 2. The quantitative estimate of drug-likeness (QED) is 0.0826. The van der Waals surface area contributed by atoms with Gasteiger partial charge in [0.25, 0.3) is 21.8 Å². The number of hydrogen-bond acceptors (Lipinski definition) is 11. The molecule has 1 unspecified atom stereocenters. The van der Waals surface area contributed by atoms with E-state index in [0.29, 0.717) is 71.2 Å². The first-order valence-electron chi connectivity index (χ1n) is 18.4. The van der Waals surface area contributed by atoms with Crippen LogP contribution in [0.4, 0.5) is 0 Å². The van der Waals surface area contributed by atoms with E-state index in [1.807, 2.05) is 6.07 Å². The van der Waals surface area contributed by atoms with Gasteiger partial charge in [0, 0.05) is 85.2 Å². The molecule has 3 amide bonds. The molecule has 1 N–H and O–H groups in total. The lowest BCUT2D eigenvalue weighted by molar-refractivity contribution is -0.196. The number of ketones is 1. The van der Waals surface area contributed by atoms with Crippen LogP contribution in [0.25, 0.3) is 0 Å². The van der Waals surface area contributed by atoms with E-state index in [2.05, 4.69) is 43.9 Å². The summed E-state index contributed by atoms with van der Waals surface area (Å²) in [7, 11) is -4.30. The van der Waals surface area contributed by atoms with Crippen molar-refractivity contribution in [2.45, 2.75) is 76.8 Å². The Balaban J connectivity index is 0.879. The van der Waals surface area contributed by atoms with Crippen molar-refractivity contribution in [2.75, 3.05) is 26.4 Å². The van der Waals surface area contributed by atoms with Crippen LogP contribution in [-0.2, 0) is 24.3 Å². The van der Waals surface area contributed by atoms with Crippen LogP contribution in [0.15, 0.2) is 59.6 Å². The van der Waals surface area contributed by atoms with Crippen LogP contribution in [0.2, 0.25) is 5.02 Å². The molecule has 15 heteroatoms. The number of rotatable bonds is 16. The number of terminal acetylenes is 1. The van der Waals surface area contributed by atoms with Crippen molar-refractivity contribution >= 4 is 45.1 Å². The number of carbonyl (C=O) groups excluding carboxylic acids is 4. The van der Waals surface area contributed by atoms with E-state index in [9.17, 15) is 27.6 Å². The van der Waals surface area contributed by atoms with Crippen molar-refractivity contribution in [3.05, 3.63) is 76.4 Å². The highest BCUT2D eigenvalue weighted by Crippen LogP contribution is 2.61. The summed E-state index contributed by atoms with van der Waals surface area (Å²) in [6.45, 7) is 9.86. The summed E-state index contributed by atoms with van der Waals surface area (Å²) in [6.07, 6.45) is 8.21. The van der Waals surface area contributed by atoms with Crippen LogP contribution in [0, 0.1) is 29.1 Å². The third-order valence-corrected chi connectivity index (χ3v) is 12.9. The van der Waals surface area contributed by atoms with Gasteiger partial charge in [0.05, 0.1) is 23.8 Å². The number of piperidine rings is 1. The Morgan fingerprint density at radius 1 is 0.964 bits per heavy atom. The largest absolute Gasteiger partial charge is 0.493 e. The Kier molecular flexibility index (Phi) is 11.8. The molecule has 6 rings (SSSR count). The van der Waals surface area contributed by atoms with Gasteiger partial charge in [0.1, 0.15) is 28.5 Å². The number of fused-ring (bicyclic) bond motifs is 1. The summed E-state index contributed by atoms with van der Waals surface area (Å²) < 4.78 is 50.4. The predicted molar refractivity (Wildman–Crippen MR) is 205 cm³/mol. The van der Waals surface area contributed by atoms with E-state index in [1.165, 1.54) is 18.2 Å². The second kappa shape index (κ2) is 16.3. The molecule has 13 nitrogen and oxygen atoms in total. The number of pyridine rings is 1. The highest BCUT2D eigenvalue weighted by Gasteiger charge is 2.63. The molecule has 0 radical (unpaired) electrons. The molecule has 1 saturated heterocycles. The lowest BCUT2D eigenvalue weighted by Gasteiger charge is -2.63. The molecule has 3 heterocycles. The van der Waals surface area contributed by atoms with Crippen molar-refractivity contribution < 1.29 is 46.5 Å². The highest BCUT2D eigenvalue weighted by atomic mass is 35.5. The number of amides is 3. The van der Waals surface area contributed by atoms with Gasteiger partial charge < -0.3 is 18.9 Å². The van der Waals surface area contributed by atoms with Crippen molar-refractivity contribution in [3.63, 3.8) is 0 Å². The minimum Gasteiger partial charge on any atom is -0.493 e. The van der Waals surface area contributed by atoms with E-state index in [1.54, 1.807) is 30.5 Å². The Hall–Kier alpha value is -4.97. The standard InChI is InChI=1S/C41H44ClN3O10S/c1-6-25-9-11-28(21-30(25)42)55-39-40(2,3)34(41(39,4)5)23-32(46)26-10-16-36(43-24-26)54-20-8-18-52-17-7-19-53-27-12-13-29-33(22-27)56(50,51)45(38(29)49)31-14-15-35(47)44-37(31)48/h1,9-13,16,21-22,24,31,34,39H,7-8,14-15,17-20,23H2,2-5H3,(H,44,47,48). The van der Waals surface area contributed by atoms with E-state index in [-0.39, 0.29) is 64.3 Å². The Morgan fingerprint density at radius 2 is 1.66 bits per heavy atom. The molecule has 3 aromatic rings. The van der Waals surface area contributed by atoms with Gasteiger partial charge in [-0.1, -0.05) is 45.2 Å². The second-order valence-electron chi connectivity index (χ2n) is 15.2. The van der Waals surface area contributed by atoms with Crippen molar-refractivity contribution in [3.8, 4) is 29.7 Å². The molecule has 3 aliphatic rings. The second-order valence-corrected chi connectivity index (χ2v) is 17.4. The summed E-state index contributed by atoms with van der Waals surface area (Å²) in [5.41, 5.74) is 0.516. The molecule has 2 aromatic carbocycles. The third-order valence-electron chi connectivity index (χ3n) is 10.7. The summed E-state index contributed by atoms with van der Waals surface area (Å²) >= 11 is 6.29. The van der Waals surface area contributed by atoms with Gasteiger partial charge in [-0.3, -0.25) is 24.5 Å². The predicted octanol–water partition coefficient (Wildman–Crippen LogP) is 5.62. The molecular weight excluding hydrogens is 762 g/mol. The average molecular weight is 806 g/mol. The number of imide groups is 1. The molecule has 1 saturated carbocycles. The molecule has 2 fully saturated rings. The monoisotopic (exact) mass is 805 g/mol. The maximum absolute atomic E-state index is 13.3. The van der Waals surface area contributed by atoms with Crippen LogP contribution in [0.3, 0.4) is 0 Å². The fraction of sp³-hybridized carbons (Fsp3) is 0.439. The Bertz CT molecular complexity index is 2170. The van der Waals surface area contributed by atoms with Gasteiger partial charge in [-0.15, -0.1) is 6.42 Å². The first-order chi connectivity index (χ1) is 26.5. The molecule has 296 valence electrons. The topological polar surface area (TPSA) is 168 Å². The van der Waals surface area contributed by atoms with Crippen LogP contribution >= 0.6 is 11.6 Å². The highest BCUT2D eigenvalue weighted by molar-refractivity contribution is 7.90. The lowest BCUT2D eigenvalue weighted by Crippen LogP contribution is -2.66. The molecule has 0 spiro atoms. The van der Waals surface area contributed by atoms with Crippen LogP contribution in [0.1, 0.15) is 86.1 Å². The molecule has 0 bridgehead atoms.